The fourth-order valence-corrected chi connectivity index (χ4v) is 4.62. The molecule has 0 unspecified atom stereocenters. The van der Waals surface area contributed by atoms with Crippen molar-refractivity contribution in [2.24, 2.45) is 11.8 Å². The van der Waals surface area contributed by atoms with Crippen LogP contribution in [0.3, 0.4) is 0 Å². The Balaban J connectivity index is 1.95. The highest BCUT2D eigenvalue weighted by Crippen LogP contribution is 2.31. The lowest BCUT2D eigenvalue weighted by atomic mass is 9.93. The summed E-state index contributed by atoms with van der Waals surface area (Å²) < 4.78 is 10.9. The van der Waals surface area contributed by atoms with Gasteiger partial charge in [0.05, 0.1) is 37.2 Å². The molecule has 1 aliphatic rings. The summed E-state index contributed by atoms with van der Waals surface area (Å²) in [6.07, 6.45) is 8.09. The predicted octanol–water partition coefficient (Wildman–Crippen LogP) is 3.10. The zero-order chi connectivity index (χ0) is 26.9. The minimum atomic E-state index is -0.633. The zero-order valence-electron chi connectivity index (χ0n) is 21.8. The molecule has 0 heterocycles. The number of aliphatic hydroxyl groups excluding tert-OH is 1. The Morgan fingerprint density at radius 1 is 1.03 bits per heavy atom. The van der Waals surface area contributed by atoms with E-state index in [9.17, 15) is 14.4 Å². The van der Waals surface area contributed by atoms with Gasteiger partial charge in [-0.1, -0.05) is 55.3 Å². The number of hydrogen-bond donors (Lipinski definition) is 3. The van der Waals surface area contributed by atoms with E-state index in [2.05, 4.69) is 23.8 Å². The van der Waals surface area contributed by atoms with Crippen molar-refractivity contribution in [1.29, 1.82) is 0 Å². The number of rotatable bonds is 18. The van der Waals surface area contributed by atoms with Gasteiger partial charge in [-0.15, -0.1) is 13.2 Å². The zero-order valence-corrected chi connectivity index (χ0v) is 21.8. The Labute approximate surface area is 220 Å². The van der Waals surface area contributed by atoms with Gasteiger partial charge in [-0.3, -0.25) is 14.4 Å². The molecule has 204 valence electrons. The molecule has 2 atom stereocenters. The van der Waals surface area contributed by atoms with Gasteiger partial charge in [0.15, 0.2) is 0 Å². The Morgan fingerprint density at radius 2 is 1.70 bits per heavy atom. The molecule has 1 aromatic rings. The van der Waals surface area contributed by atoms with Crippen molar-refractivity contribution in [2.45, 2.75) is 56.9 Å². The number of amides is 2. The number of aliphatic hydroxyl groups is 1. The summed E-state index contributed by atoms with van der Waals surface area (Å²) in [5, 5.41) is 14.6. The Hall–Kier alpha value is -2.97. The third-order valence-electron chi connectivity index (χ3n) is 6.61. The van der Waals surface area contributed by atoms with Crippen LogP contribution in [0.15, 0.2) is 55.6 Å². The van der Waals surface area contributed by atoms with Crippen LogP contribution in [0.25, 0.3) is 0 Å². The highest BCUT2D eigenvalue weighted by Gasteiger charge is 2.39. The van der Waals surface area contributed by atoms with Crippen LogP contribution in [-0.4, -0.2) is 61.4 Å². The summed E-state index contributed by atoms with van der Waals surface area (Å²) in [4.78, 5) is 38.6. The Morgan fingerprint density at radius 3 is 2.35 bits per heavy atom. The SMILES string of the molecule is C=CC[C@H](CC(=O)NCCOCCO)C(=O)NC1(COC(=O)[C@@H](CC=C)Cc2ccccc2)CCCC1. The van der Waals surface area contributed by atoms with Gasteiger partial charge < -0.3 is 25.2 Å². The van der Waals surface area contributed by atoms with Crippen LogP contribution in [-0.2, 0) is 30.3 Å². The molecule has 1 aliphatic carbocycles. The summed E-state index contributed by atoms with van der Waals surface area (Å²) in [6, 6.07) is 9.80. The van der Waals surface area contributed by atoms with Crippen molar-refractivity contribution in [3.63, 3.8) is 0 Å². The lowest BCUT2D eigenvalue weighted by Gasteiger charge is -2.32. The lowest BCUT2D eigenvalue weighted by molar-refractivity contribution is -0.151. The summed E-state index contributed by atoms with van der Waals surface area (Å²) >= 11 is 0. The van der Waals surface area contributed by atoms with Gasteiger partial charge in [0.2, 0.25) is 11.8 Å². The molecule has 2 amide bonds. The number of nitrogens with one attached hydrogen (secondary N) is 2. The number of esters is 1. The number of hydrogen-bond acceptors (Lipinski definition) is 6. The second-order valence-corrected chi connectivity index (χ2v) is 9.61. The standard InChI is InChI=1S/C29H42N2O6/c1-3-10-24(21-26(33)30-16-18-36-19-17-32)27(34)31-29(14-8-9-15-29)22-37-28(35)25(11-4-2)20-23-12-6-5-7-13-23/h3-7,12-13,24-25,32H,1-2,8-11,14-22H2,(H,30,33)(H,31,34)/t24-,25+/m1/s1. The molecule has 0 radical (unpaired) electrons. The molecule has 1 fully saturated rings. The van der Waals surface area contributed by atoms with Crippen molar-refractivity contribution < 1.29 is 29.0 Å². The van der Waals surface area contributed by atoms with Crippen molar-refractivity contribution in [3.8, 4) is 0 Å². The van der Waals surface area contributed by atoms with E-state index in [1.54, 1.807) is 12.2 Å². The van der Waals surface area contributed by atoms with Crippen LogP contribution >= 0.6 is 0 Å². The van der Waals surface area contributed by atoms with Gasteiger partial charge in [0, 0.05) is 13.0 Å². The van der Waals surface area contributed by atoms with Crippen LogP contribution in [0.4, 0.5) is 0 Å². The fraction of sp³-hybridized carbons (Fsp3) is 0.552. The minimum Gasteiger partial charge on any atom is -0.463 e. The van der Waals surface area contributed by atoms with E-state index in [-0.39, 0.29) is 56.5 Å². The number of carbonyl (C=O) groups is 3. The summed E-state index contributed by atoms with van der Waals surface area (Å²) in [6.45, 7) is 8.35. The third-order valence-corrected chi connectivity index (χ3v) is 6.61. The van der Waals surface area contributed by atoms with Crippen molar-refractivity contribution in [1.82, 2.24) is 10.6 Å². The highest BCUT2D eigenvalue weighted by molar-refractivity contribution is 5.86. The molecule has 37 heavy (non-hydrogen) atoms. The largest absolute Gasteiger partial charge is 0.463 e. The Bertz CT molecular complexity index is 866. The molecule has 1 saturated carbocycles. The van der Waals surface area contributed by atoms with E-state index in [1.165, 1.54) is 0 Å². The quantitative estimate of drug-likeness (QED) is 0.158. The molecule has 2 rings (SSSR count). The van der Waals surface area contributed by atoms with Gasteiger partial charge in [-0.2, -0.15) is 0 Å². The first-order chi connectivity index (χ1) is 17.9. The molecule has 3 N–H and O–H groups in total. The van der Waals surface area contributed by atoms with Crippen LogP contribution in [0.2, 0.25) is 0 Å². The number of ether oxygens (including phenoxy) is 2. The van der Waals surface area contributed by atoms with E-state index in [4.69, 9.17) is 14.6 Å². The first kappa shape index (κ1) is 30.3. The van der Waals surface area contributed by atoms with Crippen LogP contribution < -0.4 is 10.6 Å². The average Bonchev–Trinajstić information content (AvgIpc) is 3.35. The summed E-state index contributed by atoms with van der Waals surface area (Å²) in [7, 11) is 0. The maximum atomic E-state index is 13.2. The van der Waals surface area contributed by atoms with Gasteiger partial charge in [0.25, 0.3) is 0 Å². The normalized spacial score (nSPS) is 15.8. The van der Waals surface area contributed by atoms with Crippen LogP contribution in [0, 0.1) is 11.8 Å². The van der Waals surface area contributed by atoms with Crippen molar-refractivity contribution >= 4 is 17.8 Å². The van der Waals surface area contributed by atoms with Gasteiger partial charge >= 0.3 is 5.97 Å². The van der Waals surface area contributed by atoms with E-state index >= 15 is 0 Å². The molecular formula is C29H42N2O6. The lowest BCUT2D eigenvalue weighted by Crippen LogP contribution is -2.52. The maximum absolute atomic E-state index is 13.2. The molecule has 1 aromatic carbocycles. The van der Waals surface area contributed by atoms with E-state index < -0.39 is 11.5 Å². The highest BCUT2D eigenvalue weighted by atomic mass is 16.5. The average molecular weight is 515 g/mol. The van der Waals surface area contributed by atoms with E-state index in [0.717, 1.165) is 18.4 Å². The molecule has 0 spiro atoms. The van der Waals surface area contributed by atoms with Crippen LogP contribution in [0.1, 0.15) is 50.5 Å². The minimum absolute atomic E-state index is 0.0200. The smallest absolute Gasteiger partial charge is 0.309 e. The maximum Gasteiger partial charge on any atom is 0.309 e. The number of allylic oxidation sites excluding steroid dienone is 2. The van der Waals surface area contributed by atoms with Gasteiger partial charge in [0.1, 0.15) is 6.61 Å². The van der Waals surface area contributed by atoms with Gasteiger partial charge in [-0.05, 0) is 37.7 Å². The summed E-state index contributed by atoms with van der Waals surface area (Å²) in [5.41, 5.74) is 0.424. The molecule has 8 nitrogen and oxygen atoms in total. The monoisotopic (exact) mass is 514 g/mol. The second-order valence-electron chi connectivity index (χ2n) is 9.61. The summed E-state index contributed by atoms with van der Waals surface area (Å²) in [5.74, 6) is -1.70. The molecule has 8 heteroatoms. The van der Waals surface area contributed by atoms with Gasteiger partial charge in [-0.25, -0.2) is 0 Å². The number of benzene rings is 1. The Kier molecular flexibility index (Phi) is 13.7. The van der Waals surface area contributed by atoms with Crippen molar-refractivity contribution in [2.75, 3.05) is 33.0 Å². The van der Waals surface area contributed by atoms with E-state index in [0.29, 0.717) is 38.6 Å². The second kappa shape index (κ2) is 16.7. The molecule has 0 saturated heterocycles. The first-order valence-electron chi connectivity index (χ1n) is 13.1. The molecule has 0 bridgehead atoms. The number of carbonyl (C=O) groups excluding carboxylic acids is 3. The fourth-order valence-electron chi connectivity index (χ4n) is 4.62. The topological polar surface area (TPSA) is 114 Å². The predicted molar refractivity (Wildman–Crippen MR) is 143 cm³/mol. The first-order valence-corrected chi connectivity index (χ1v) is 13.1. The van der Waals surface area contributed by atoms with E-state index in [1.807, 2.05) is 30.3 Å². The molecular weight excluding hydrogens is 472 g/mol. The third kappa shape index (κ3) is 10.9. The molecule has 0 aliphatic heterocycles. The van der Waals surface area contributed by atoms with Crippen molar-refractivity contribution in [3.05, 3.63) is 61.2 Å². The molecule has 0 aromatic heterocycles. The van der Waals surface area contributed by atoms with Crippen LogP contribution in [0.5, 0.6) is 0 Å².